The van der Waals surface area contributed by atoms with E-state index in [1.54, 1.807) is 17.1 Å². The third-order valence-corrected chi connectivity index (χ3v) is 5.92. The molecule has 0 unspecified atom stereocenters. The van der Waals surface area contributed by atoms with Crippen LogP contribution in [0.5, 0.6) is 0 Å². The summed E-state index contributed by atoms with van der Waals surface area (Å²) in [6.07, 6.45) is 6.09. The minimum Gasteiger partial charge on any atom is -0.324 e. The molecular weight excluding hydrogens is 404 g/mol. The topological polar surface area (TPSA) is 99.2 Å². The van der Waals surface area contributed by atoms with Crippen LogP contribution in [0.2, 0.25) is 0 Å². The molecule has 0 bridgehead atoms. The second-order valence-electron chi connectivity index (χ2n) is 8.01. The first-order valence-corrected chi connectivity index (χ1v) is 10.3. The Balaban J connectivity index is 1.45. The molecular formula is C23H20N8O. The highest BCUT2D eigenvalue weighted by molar-refractivity contribution is 6.05. The molecule has 0 fully saturated rings. The van der Waals surface area contributed by atoms with Gasteiger partial charge in [-0.05, 0) is 29.8 Å². The van der Waals surface area contributed by atoms with E-state index >= 15 is 0 Å². The molecule has 0 aliphatic rings. The first-order valence-electron chi connectivity index (χ1n) is 10.3. The van der Waals surface area contributed by atoms with Gasteiger partial charge in [-0.2, -0.15) is 15.3 Å². The fourth-order valence-electron chi connectivity index (χ4n) is 4.34. The number of aromatic nitrogens is 8. The number of hydrogen-bond donors (Lipinski definition) is 1. The number of aryl methyl sites for hydroxylation is 2. The quantitative estimate of drug-likeness (QED) is 0.469. The molecule has 5 heterocycles. The molecule has 0 amide bonds. The summed E-state index contributed by atoms with van der Waals surface area (Å²) >= 11 is 0. The van der Waals surface area contributed by atoms with Crippen LogP contribution in [0.25, 0.3) is 32.8 Å². The van der Waals surface area contributed by atoms with Crippen molar-refractivity contribution in [2.45, 2.75) is 13.0 Å². The first-order chi connectivity index (χ1) is 15.6. The van der Waals surface area contributed by atoms with Crippen molar-refractivity contribution in [1.29, 1.82) is 0 Å². The molecule has 6 rings (SSSR count). The summed E-state index contributed by atoms with van der Waals surface area (Å²) in [4.78, 5) is 18.2. The molecule has 9 nitrogen and oxygen atoms in total. The van der Waals surface area contributed by atoms with Crippen molar-refractivity contribution in [3.63, 3.8) is 0 Å². The van der Waals surface area contributed by atoms with Gasteiger partial charge in [0.25, 0.3) is 5.56 Å². The van der Waals surface area contributed by atoms with Gasteiger partial charge in [0.05, 0.1) is 30.1 Å². The SMILES string of the molecule is Cn1ccc(Cc2ccc3c4cnn(Cc5cccc6[nH]ncc56)c(=O)c4n(C)c3n2)n1. The van der Waals surface area contributed by atoms with Crippen molar-refractivity contribution in [2.24, 2.45) is 14.1 Å². The highest BCUT2D eigenvalue weighted by Gasteiger charge is 2.16. The summed E-state index contributed by atoms with van der Waals surface area (Å²) in [6.45, 7) is 0.367. The number of pyridine rings is 1. The van der Waals surface area contributed by atoms with Gasteiger partial charge in [-0.25, -0.2) is 9.67 Å². The van der Waals surface area contributed by atoms with Crippen molar-refractivity contribution in [3.05, 3.63) is 82.3 Å². The summed E-state index contributed by atoms with van der Waals surface area (Å²) in [5, 5.41) is 18.7. The minimum atomic E-state index is -0.144. The molecule has 1 N–H and O–H groups in total. The van der Waals surface area contributed by atoms with E-state index in [1.165, 1.54) is 4.68 Å². The molecule has 32 heavy (non-hydrogen) atoms. The summed E-state index contributed by atoms with van der Waals surface area (Å²) in [5.74, 6) is 0. The van der Waals surface area contributed by atoms with Crippen LogP contribution < -0.4 is 5.56 Å². The van der Waals surface area contributed by atoms with E-state index in [1.807, 2.05) is 61.3 Å². The molecule has 0 atom stereocenters. The number of nitrogens with one attached hydrogen (secondary N) is 1. The van der Waals surface area contributed by atoms with E-state index in [9.17, 15) is 4.79 Å². The van der Waals surface area contributed by atoms with Crippen LogP contribution in [-0.4, -0.2) is 39.3 Å². The smallest absolute Gasteiger partial charge is 0.291 e. The zero-order valence-corrected chi connectivity index (χ0v) is 17.6. The van der Waals surface area contributed by atoms with E-state index in [0.29, 0.717) is 18.5 Å². The van der Waals surface area contributed by atoms with Crippen LogP contribution in [0.1, 0.15) is 17.0 Å². The molecule has 158 valence electrons. The molecule has 0 aliphatic carbocycles. The van der Waals surface area contributed by atoms with Crippen molar-refractivity contribution >= 4 is 32.8 Å². The summed E-state index contributed by atoms with van der Waals surface area (Å²) < 4.78 is 5.15. The van der Waals surface area contributed by atoms with Gasteiger partial charge < -0.3 is 4.57 Å². The molecule has 0 aliphatic heterocycles. The highest BCUT2D eigenvalue weighted by Crippen LogP contribution is 2.25. The van der Waals surface area contributed by atoms with Crippen LogP contribution in [-0.2, 0) is 27.1 Å². The van der Waals surface area contributed by atoms with Gasteiger partial charge in [0.1, 0.15) is 11.2 Å². The third kappa shape index (κ3) is 2.82. The Morgan fingerprint density at radius 1 is 0.969 bits per heavy atom. The van der Waals surface area contributed by atoms with Gasteiger partial charge in [-0.1, -0.05) is 12.1 Å². The van der Waals surface area contributed by atoms with Gasteiger partial charge in [-0.15, -0.1) is 0 Å². The Morgan fingerprint density at radius 2 is 1.88 bits per heavy atom. The molecule has 0 saturated carbocycles. The molecule has 0 radical (unpaired) electrons. The normalized spacial score (nSPS) is 11.8. The number of fused-ring (bicyclic) bond motifs is 4. The van der Waals surface area contributed by atoms with Gasteiger partial charge in [0.15, 0.2) is 0 Å². The average molecular weight is 424 g/mol. The molecule has 1 aromatic carbocycles. The van der Waals surface area contributed by atoms with Crippen LogP contribution in [0.15, 0.2) is 59.8 Å². The van der Waals surface area contributed by atoms with Crippen molar-refractivity contribution < 1.29 is 0 Å². The lowest BCUT2D eigenvalue weighted by Crippen LogP contribution is -2.24. The monoisotopic (exact) mass is 424 g/mol. The molecule has 0 saturated heterocycles. The Kier molecular flexibility index (Phi) is 3.97. The summed E-state index contributed by atoms with van der Waals surface area (Å²) in [7, 11) is 3.78. The Hall–Kier alpha value is -4.27. The van der Waals surface area contributed by atoms with Crippen LogP contribution in [0.4, 0.5) is 0 Å². The second kappa shape index (κ2) is 6.88. The number of nitrogens with zero attached hydrogens (tertiary/aromatic N) is 7. The number of aromatic amines is 1. The maximum Gasteiger partial charge on any atom is 0.291 e. The van der Waals surface area contributed by atoms with Gasteiger partial charge in [0.2, 0.25) is 0 Å². The standard InChI is InChI=1S/C23H20N8O/c1-29-9-8-16(28-29)10-15-6-7-17-19-12-25-31(23(32)21(19)30(2)22(17)26-15)13-14-4-3-5-20-18(14)11-24-27-20/h3-9,11-12H,10,13H2,1-2H3,(H,24,27). The van der Waals surface area contributed by atoms with Crippen LogP contribution in [0.3, 0.4) is 0 Å². The highest BCUT2D eigenvalue weighted by atomic mass is 16.1. The molecule has 0 spiro atoms. The molecule has 5 aromatic heterocycles. The lowest BCUT2D eigenvalue weighted by molar-refractivity contribution is 0.647. The van der Waals surface area contributed by atoms with Crippen molar-refractivity contribution in [2.75, 3.05) is 0 Å². The first kappa shape index (κ1) is 18.5. The molecule has 9 heteroatoms. The Labute approximate surface area is 181 Å². The van der Waals surface area contributed by atoms with E-state index in [4.69, 9.17) is 4.98 Å². The predicted octanol–water partition coefficient (Wildman–Crippen LogP) is 2.53. The maximum atomic E-state index is 13.4. The lowest BCUT2D eigenvalue weighted by Gasteiger charge is -2.06. The maximum absolute atomic E-state index is 13.4. The zero-order valence-electron chi connectivity index (χ0n) is 17.6. The number of rotatable bonds is 4. The lowest BCUT2D eigenvalue weighted by atomic mass is 10.1. The number of H-pyrrole nitrogens is 1. The Bertz CT molecular complexity index is 1680. The van der Waals surface area contributed by atoms with Gasteiger partial charge >= 0.3 is 0 Å². The number of benzene rings is 1. The van der Waals surface area contributed by atoms with Gasteiger partial charge in [-0.3, -0.25) is 14.6 Å². The summed E-state index contributed by atoms with van der Waals surface area (Å²) in [6, 6.07) is 11.9. The van der Waals surface area contributed by atoms with Crippen LogP contribution >= 0.6 is 0 Å². The minimum absolute atomic E-state index is 0.144. The second-order valence-corrected chi connectivity index (χ2v) is 8.01. The predicted molar refractivity (Wildman–Crippen MR) is 121 cm³/mol. The van der Waals surface area contributed by atoms with E-state index in [-0.39, 0.29) is 5.56 Å². The van der Waals surface area contributed by atoms with E-state index < -0.39 is 0 Å². The van der Waals surface area contributed by atoms with E-state index in [2.05, 4.69) is 20.4 Å². The average Bonchev–Trinajstić information content (AvgIpc) is 3.49. The third-order valence-electron chi connectivity index (χ3n) is 5.92. The van der Waals surface area contributed by atoms with Crippen molar-refractivity contribution in [3.8, 4) is 0 Å². The zero-order chi connectivity index (χ0) is 21.8. The van der Waals surface area contributed by atoms with E-state index in [0.717, 1.165) is 44.3 Å². The van der Waals surface area contributed by atoms with Crippen LogP contribution in [0, 0.1) is 0 Å². The van der Waals surface area contributed by atoms with Crippen molar-refractivity contribution in [1.82, 2.24) is 39.3 Å². The van der Waals surface area contributed by atoms with Gasteiger partial charge in [0, 0.05) is 48.6 Å². The fourth-order valence-corrected chi connectivity index (χ4v) is 4.34. The molecule has 6 aromatic rings. The Morgan fingerprint density at radius 3 is 2.72 bits per heavy atom. The summed E-state index contributed by atoms with van der Waals surface area (Å²) in [5.41, 5.74) is 5.00. The fraction of sp³-hybridized carbons (Fsp3) is 0.174. The largest absolute Gasteiger partial charge is 0.324 e. The number of hydrogen-bond acceptors (Lipinski definition) is 5.